The zero-order valence-corrected chi connectivity index (χ0v) is 58.8. The fourth-order valence-electron chi connectivity index (χ4n) is 11.4. The predicted molar refractivity (Wildman–Crippen MR) is 381 cm³/mol. The Hall–Kier alpha value is -11.3. The quantitative estimate of drug-likeness (QED) is 0.00838. The van der Waals surface area contributed by atoms with Gasteiger partial charge in [0, 0.05) is 109 Å². The highest BCUT2D eigenvalue weighted by molar-refractivity contribution is 7.92. The maximum Gasteiger partial charge on any atom is 0.379 e. The number of aliphatic hydroxyl groups excluding tert-OH is 2. The summed E-state index contributed by atoms with van der Waals surface area (Å²) in [5, 5.41) is 35.4. The summed E-state index contributed by atoms with van der Waals surface area (Å²) in [6.07, 6.45) is 5.75. The lowest BCUT2D eigenvalue weighted by atomic mass is 9.97. The fraction of sp³-hybridized carbons (Fsp3) is 0.289. The van der Waals surface area contributed by atoms with Crippen molar-refractivity contribution in [2.45, 2.75) is 110 Å². The molecule has 0 bridgehead atoms. The SMILES string of the molecule is CCC(=O)c1c(-c2ccc(F)cc2)oc2cc(N(CC(=O)CCC(=O)NCc3cccc(C(O)=CC(=O)C(=O)O)c3)S(C)(=O)=O)c(C3CC3)cc12.CCOC(=O)C(=O)C=C(O)c1cccc(CNC(=O)CCC(=O)CN(c2cc3oc(-c4ccc(F)cc4)c(C(=O)CC)c3cc2C2CC2)S(C)(=O)=O)c1. The molecule has 0 unspecified atom stereocenters. The van der Waals surface area contributed by atoms with E-state index in [2.05, 4.69) is 15.4 Å². The minimum absolute atomic E-state index is 0.00207. The number of rotatable bonds is 33. The van der Waals surface area contributed by atoms with Gasteiger partial charge in [-0.05, 0) is 139 Å². The predicted octanol–water partition coefficient (Wildman–Crippen LogP) is 11.9. The number of aliphatic hydroxyl groups is 2. The van der Waals surface area contributed by atoms with Gasteiger partial charge in [0.25, 0.3) is 11.6 Å². The molecule has 0 aliphatic heterocycles. The summed E-state index contributed by atoms with van der Waals surface area (Å²) in [5.74, 6) is -9.04. The molecule has 2 saturated carbocycles. The molecule has 2 amide bonds. The number of sulfonamides is 2. The average Bonchev–Trinajstić information content (AvgIpc) is 1.62. The van der Waals surface area contributed by atoms with Gasteiger partial charge in [0.05, 0.1) is 54.7 Å². The van der Waals surface area contributed by atoms with Crippen molar-refractivity contribution in [3.63, 3.8) is 0 Å². The van der Waals surface area contributed by atoms with E-state index in [0.29, 0.717) is 61.4 Å². The zero-order chi connectivity index (χ0) is 75.5. The van der Waals surface area contributed by atoms with Crippen molar-refractivity contribution in [2.24, 2.45) is 0 Å². The first kappa shape index (κ1) is 76.9. The number of carbonyl (C=O) groups is 10. The summed E-state index contributed by atoms with van der Waals surface area (Å²) in [4.78, 5) is 124. The third-order valence-electron chi connectivity index (χ3n) is 17.0. The van der Waals surface area contributed by atoms with Gasteiger partial charge in [0.2, 0.25) is 31.9 Å². The molecule has 0 atom stereocenters. The van der Waals surface area contributed by atoms with Gasteiger partial charge in [-0.15, -0.1) is 0 Å². The summed E-state index contributed by atoms with van der Waals surface area (Å²) < 4.78 is 99.0. The average molecular weight is 1470 g/mol. The largest absolute Gasteiger partial charge is 0.507 e. The summed E-state index contributed by atoms with van der Waals surface area (Å²) in [6.45, 7) is 3.90. The van der Waals surface area contributed by atoms with Crippen molar-refractivity contribution in [1.82, 2.24) is 10.6 Å². The van der Waals surface area contributed by atoms with E-state index in [1.165, 1.54) is 91.0 Å². The highest BCUT2D eigenvalue weighted by Crippen LogP contribution is 2.50. The van der Waals surface area contributed by atoms with E-state index in [1.54, 1.807) is 51.1 Å². The molecule has 104 heavy (non-hydrogen) atoms. The van der Waals surface area contributed by atoms with Crippen LogP contribution in [0, 0.1) is 11.6 Å². The first-order chi connectivity index (χ1) is 49.3. The number of hydrogen-bond acceptors (Lipinski definition) is 19. The Balaban J connectivity index is 0.000000241. The number of hydrogen-bond donors (Lipinski definition) is 5. The van der Waals surface area contributed by atoms with E-state index in [1.807, 2.05) is 0 Å². The van der Waals surface area contributed by atoms with Crippen LogP contribution >= 0.6 is 0 Å². The van der Waals surface area contributed by atoms with Gasteiger partial charge in [-0.25, -0.2) is 35.2 Å². The van der Waals surface area contributed by atoms with Gasteiger partial charge in [-0.3, -0.25) is 47.0 Å². The smallest absolute Gasteiger partial charge is 0.379 e. The molecule has 2 aromatic heterocycles. The maximum atomic E-state index is 13.7. The number of amides is 2. The first-order valence-electron chi connectivity index (χ1n) is 33.2. The number of carboxylic acids is 1. The first-order valence-corrected chi connectivity index (χ1v) is 36.8. The van der Waals surface area contributed by atoms with Crippen molar-refractivity contribution in [1.29, 1.82) is 0 Å². The molecule has 0 radical (unpaired) electrons. The van der Waals surface area contributed by atoms with Gasteiger partial charge in [0.15, 0.2) is 23.1 Å². The van der Waals surface area contributed by atoms with Crippen molar-refractivity contribution in [3.05, 3.63) is 190 Å². The molecular weight excluding hydrogens is 1390 g/mol. The molecule has 28 heteroatoms. The van der Waals surface area contributed by atoms with Crippen LogP contribution in [-0.2, 0) is 76.2 Å². The topological polar surface area (TPSA) is 366 Å². The minimum Gasteiger partial charge on any atom is -0.507 e. The molecule has 544 valence electrons. The van der Waals surface area contributed by atoms with E-state index in [9.17, 15) is 83.8 Å². The highest BCUT2D eigenvalue weighted by Gasteiger charge is 2.36. The van der Waals surface area contributed by atoms with Crippen LogP contribution in [0.25, 0.3) is 56.1 Å². The van der Waals surface area contributed by atoms with Gasteiger partial charge in [-0.2, -0.15) is 0 Å². The Bertz CT molecular complexity index is 5030. The third-order valence-corrected chi connectivity index (χ3v) is 19.3. The maximum absolute atomic E-state index is 13.7. The second kappa shape index (κ2) is 33.2. The van der Waals surface area contributed by atoms with Gasteiger partial charge >= 0.3 is 11.9 Å². The van der Waals surface area contributed by atoms with Crippen molar-refractivity contribution >= 4 is 123 Å². The number of Topliss-reactive ketones (excluding diaryl/α,β-unsaturated/α-hetero) is 4. The molecule has 2 aliphatic rings. The lowest BCUT2D eigenvalue weighted by molar-refractivity contribution is -0.151. The summed E-state index contributed by atoms with van der Waals surface area (Å²) >= 11 is 0. The minimum atomic E-state index is -4.02. The van der Waals surface area contributed by atoms with Crippen LogP contribution in [-0.4, -0.2) is 123 Å². The van der Waals surface area contributed by atoms with Gasteiger partial charge in [0.1, 0.15) is 45.8 Å². The monoisotopic (exact) mass is 1460 g/mol. The number of benzene rings is 6. The van der Waals surface area contributed by atoms with Crippen molar-refractivity contribution < 1.29 is 102 Å². The highest BCUT2D eigenvalue weighted by atomic mass is 32.2. The molecular formula is C76H74F2N4O20S2. The molecule has 6 aromatic carbocycles. The Labute approximate surface area is 596 Å². The molecule has 5 N–H and O–H groups in total. The number of nitrogens with one attached hydrogen (secondary N) is 2. The summed E-state index contributed by atoms with van der Waals surface area (Å²) in [5.41, 5.74) is 5.29. The van der Waals surface area contributed by atoms with E-state index in [0.717, 1.165) is 52.9 Å². The van der Waals surface area contributed by atoms with Crippen LogP contribution < -0.4 is 19.2 Å². The molecule has 24 nitrogen and oxygen atoms in total. The number of carboxylic acid groups (broad SMARTS) is 1. The number of fused-ring (bicyclic) bond motifs is 2. The Morgan fingerprint density at radius 3 is 1.26 bits per heavy atom. The normalized spacial score (nSPS) is 13.1. The number of halogens is 2. The Morgan fingerprint density at radius 2 is 0.913 bits per heavy atom. The number of esters is 1. The fourth-order valence-corrected chi connectivity index (χ4v) is 13.2. The van der Waals surface area contributed by atoms with Crippen LogP contribution in [0.1, 0.15) is 151 Å². The third kappa shape index (κ3) is 19.5. The molecule has 2 fully saturated rings. The van der Waals surface area contributed by atoms with E-state index in [4.69, 9.17) is 13.9 Å². The Morgan fingerprint density at radius 1 is 0.529 bits per heavy atom. The van der Waals surface area contributed by atoms with Crippen molar-refractivity contribution in [3.8, 4) is 22.6 Å². The van der Waals surface area contributed by atoms with Crippen LogP contribution in [0.15, 0.2) is 142 Å². The van der Waals surface area contributed by atoms with Gasteiger partial charge in [-0.1, -0.05) is 50.2 Å². The van der Waals surface area contributed by atoms with E-state index >= 15 is 0 Å². The number of furan rings is 2. The lowest BCUT2D eigenvalue weighted by Crippen LogP contribution is -2.36. The van der Waals surface area contributed by atoms with Crippen LogP contribution in [0.3, 0.4) is 0 Å². The number of carbonyl (C=O) groups excluding carboxylic acids is 9. The molecule has 2 heterocycles. The zero-order valence-electron chi connectivity index (χ0n) is 57.2. The standard InChI is InChI=1S/C39H39FN2O10S.C37H35FN2O10S/c1-4-32(44)37-30-18-29(24-9-10-24)31(19-35(30)52-38(37)25-11-13-27(40)14-12-25)42(53(3,49)50)22-28(43)15-16-36(47)41-21-23-7-6-8-26(17-23)33(45)20-34(46)39(48)51-5-2;1-3-30(42)35-28-16-27(22-7-8-22)29(17-33(28)50-36(35)23-9-11-25(38)12-10-23)40(51(2,48)49)20-26(41)13-14-34(45)39-19-21-5-4-6-24(15-21)31(43)18-32(44)37(46)47/h6-8,11-14,17-20,24,45H,4-5,9-10,15-16,21-22H2,1-3H3,(H,41,47);4-6,9-12,15-18,22,43H,3,7-8,13-14,19-20H2,1-2H3,(H,39,45)(H,46,47). The second-order valence-electron chi connectivity index (χ2n) is 24.9. The molecule has 10 rings (SSSR count). The number of aliphatic carboxylic acids is 1. The van der Waals surface area contributed by atoms with Crippen LogP contribution in [0.5, 0.6) is 0 Å². The van der Waals surface area contributed by atoms with Crippen LogP contribution in [0.4, 0.5) is 20.2 Å². The molecule has 0 saturated heterocycles. The Kier molecular flexibility index (Phi) is 24.6. The number of ketones is 6. The summed E-state index contributed by atoms with van der Waals surface area (Å²) in [6, 6.07) is 29.9. The molecule has 2 aliphatic carbocycles. The number of nitrogens with zero attached hydrogens (tertiary/aromatic N) is 2. The number of anilines is 2. The van der Waals surface area contributed by atoms with E-state index < -0.39 is 103 Å². The van der Waals surface area contributed by atoms with Crippen LogP contribution in [0.2, 0.25) is 0 Å². The second-order valence-corrected chi connectivity index (χ2v) is 28.7. The van der Waals surface area contributed by atoms with E-state index in [-0.39, 0.29) is 127 Å². The summed E-state index contributed by atoms with van der Waals surface area (Å²) in [7, 11) is -8.03. The lowest BCUT2D eigenvalue weighted by Gasteiger charge is -2.24. The van der Waals surface area contributed by atoms with Crippen molar-refractivity contribution in [2.75, 3.05) is 40.8 Å². The number of ether oxygens (including phenoxy) is 1. The molecule has 0 spiro atoms. The molecule has 8 aromatic rings. The van der Waals surface area contributed by atoms with Gasteiger partial charge < -0.3 is 39.5 Å².